The number of unbranched alkanes of at least 4 members (excludes halogenated alkanes) is 1. The Morgan fingerprint density at radius 3 is 1.72 bits per heavy atom. The normalized spacial score (nSPS) is 17.8. The predicted octanol–water partition coefficient (Wildman–Crippen LogP) is 13.2. The van der Waals surface area contributed by atoms with Crippen LogP contribution < -0.4 is 10.6 Å². The van der Waals surface area contributed by atoms with Crippen LogP contribution in [0.2, 0.25) is 0 Å². The molecule has 0 fully saturated rings. The highest BCUT2D eigenvalue weighted by atomic mass is 16.5. The van der Waals surface area contributed by atoms with Gasteiger partial charge in [0.15, 0.2) is 5.78 Å². The fourth-order valence-electron chi connectivity index (χ4n) is 8.87. The van der Waals surface area contributed by atoms with Crippen molar-refractivity contribution in [2.75, 3.05) is 52.7 Å². The summed E-state index contributed by atoms with van der Waals surface area (Å²) < 4.78 is 16.7. The van der Waals surface area contributed by atoms with Gasteiger partial charge in [0.2, 0.25) is 11.8 Å². The van der Waals surface area contributed by atoms with E-state index < -0.39 is 5.92 Å². The Labute approximate surface area is 418 Å². The van der Waals surface area contributed by atoms with Crippen LogP contribution in [0.15, 0.2) is 117 Å². The Morgan fingerprint density at radius 2 is 1.16 bits per heavy atom. The lowest BCUT2D eigenvalue weighted by atomic mass is 9.72. The molecular formula is C60H92N2O7. The summed E-state index contributed by atoms with van der Waals surface area (Å²) in [6, 6.07) is 0. The van der Waals surface area contributed by atoms with Gasteiger partial charge in [-0.25, -0.2) is 0 Å². The summed E-state index contributed by atoms with van der Waals surface area (Å²) in [6.45, 7) is 27.3. The molecule has 2 N–H and O–H groups in total. The monoisotopic (exact) mass is 953 g/mol. The van der Waals surface area contributed by atoms with Gasteiger partial charge in [0.25, 0.3) is 0 Å². The highest BCUT2D eigenvalue weighted by molar-refractivity contribution is 5.94. The summed E-state index contributed by atoms with van der Waals surface area (Å²) in [7, 11) is 0. The molecule has 0 aromatic heterocycles. The molecular weight excluding hydrogens is 861 g/mol. The minimum atomic E-state index is -0.520. The second-order valence-corrected chi connectivity index (χ2v) is 20.5. The van der Waals surface area contributed by atoms with Crippen molar-refractivity contribution in [3.8, 4) is 0 Å². The van der Waals surface area contributed by atoms with Crippen LogP contribution in [0.4, 0.5) is 0 Å². The number of carbonyl (C=O) groups is 4. The van der Waals surface area contributed by atoms with E-state index in [2.05, 4.69) is 96.4 Å². The van der Waals surface area contributed by atoms with Gasteiger partial charge in [-0.2, -0.15) is 0 Å². The minimum Gasteiger partial charge on any atom is -0.381 e. The SMILES string of the molecule is CCCOCCC(=O)CCCOCCOCCNC(=O)[C@@H](CCCCNC(=O)/C=C(C)/C=C/C=C(C)/C=C/C1=C(C)CCCC1(C)C)CC(=O)/C=C(C)/C=C/C=C(C)/C=C/C1=C(C)CCCC1(C)C. The minimum absolute atomic E-state index is 0.0850. The predicted molar refractivity (Wildman–Crippen MR) is 287 cm³/mol. The van der Waals surface area contributed by atoms with Gasteiger partial charge in [-0.15, -0.1) is 0 Å². The van der Waals surface area contributed by atoms with Crippen LogP contribution in [-0.2, 0) is 33.4 Å². The smallest absolute Gasteiger partial charge is 0.244 e. The molecule has 0 saturated heterocycles. The first-order valence-electron chi connectivity index (χ1n) is 26.0. The number of ketones is 2. The summed E-state index contributed by atoms with van der Waals surface area (Å²) in [5.74, 6) is -0.799. The molecule has 69 heavy (non-hydrogen) atoms. The van der Waals surface area contributed by atoms with E-state index in [0.717, 1.165) is 35.1 Å². The van der Waals surface area contributed by atoms with Gasteiger partial charge in [0.05, 0.1) is 26.4 Å². The maximum Gasteiger partial charge on any atom is 0.244 e. The molecule has 0 spiro atoms. The van der Waals surface area contributed by atoms with Gasteiger partial charge >= 0.3 is 0 Å². The molecule has 2 amide bonds. The molecule has 9 heteroatoms. The molecule has 9 nitrogen and oxygen atoms in total. The molecule has 0 radical (unpaired) electrons. The fraction of sp³-hybridized carbons (Fsp3) is 0.600. The number of carbonyl (C=O) groups excluding carboxylic acids is 4. The van der Waals surface area contributed by atoms with E-state index in [9.17, 15) is 19.2 Å². The zero-order chi connectivity index (χ0) is 51.1. The zero-order valence-corrected chi connectivity index (χ0v) is 44.9. The molecule has 0 unspecified atom stereocenters. The molecule has 384 valence electrons. The van der Waals surface area contributed by atoms with Crippen LogP contribution in [0.3, 0.4) is 0 Å². The van der Waals surface area contributed by atoms with Crippen molar-refractivity contribution >= 4 is 23.4 Å². The van der Waals surface area contributed by atoms with E-state index in [-0.39, 0.29) is 40.6 Å². The lowest BCUT2D eigenvalue weighted by Gasteiger charge is -2.33. The first-order chi connectivity index (χ1) is 32.8. The summed E-state index contributed by atoms with van der Waals surface area (Å²) in [4.78, 5) is 51.5. The van der Waals surface area contributed by atoms with E-state index in [4.69, 9.17) is 14.2 Å². The van der Waals surface area contributed by atoms with E-state index in [1.807, 2.05) is 51.2 Å². The number of allylic oxidation sites excluding steroid dienone is 19. The Morgan fingerprint density at radius 1 is 0.609 bits per heavy atom. The van der Waals surface area contributed by atoms with Gasteiger partial charge < -0.3 is 24.8 Å². The van der Waals surface area contributed by atoms with E-state index >= 15 is 0 Å². The molecule has 0 aromatic carbocycles. The van der Waals surface area contributed by atoms with Gasteiger partial charge in [0, 0.05) is 57.6 Å². The van der Waals surface area contributed by atoms with Gasteiger partial charge in [0.1, 0.15) is 5.78 Å². The average molecular weight is 953 g/mol. The molecule has 2 aliphatic carbocycles. The van der Waals surface area contributed by atoms with E-state index in [1.165, 1.54) is 54.4 Å². The number of nitrogens with one attached hydrogen (secondary N) is 2. The molecule has 0 bridgehead atoms. The number of rotatable bonds is 33. The quantitative estimate of drug-likeness (QED) is 0.0382. The second kappa shape index (κ2) is 34.0. The van der Waals surface area contributed by atoms with Gasteiger partial charge in [-0.1, -0.05) is 124 Å². The Bertz CT molecular complexity index is 1960. The van der Waals surface area contributed by atoms with Crippen LogP contribution >= 0.6 is 0 Å². The summed E-state index contributed by atoms with van der Waals surface area (Å²) >= 11 is 0. The molecule has 0 heterocycles. The third kappa shape index (κ3) is 26.9. The molecule has 0 aromatic rings. The molecule has 0 aliphatic heterocycles. The Balaban J connectivity index is 1.91. The third-order valence-electron chi connectivity index (χ3n) is 12.9. The zero-order valence-electron chi connectivity index (χ0n) is 44.9. The van der Waals surface area contributed by atoms with Crippen molar-refractivity contribution in [1.29, 1.82) is 0 Å². The van der Waals surface area contributed by atoms with Gasteiger partial charge in [-0.3, -0.25) is 19.2 Å². The summed E-state index contributed by atoms with van der Waals surface area (Å²) in [5, 5.41) is 5.93. The maximum absolute atomic E-state index is 13.5. The number of Topliss-reactive ketones (excluding diaryl/α,β-unsaturated/α-hetero) is 1. The van der Waals surface area contributed by atoms with E-state index in [0.29, 0.717) is 91.3 Å². The number of ether oxygens (including phenoxy) is 3. The van der Waals surface area contributed by atoms with Crippen molar-refractivity contribution in [1.82, 2.24) is 10.6 Å². The molecule has 1 atom stereocenters. The highest BCUT2D eigenvalue weighted by Crippen LogP contribution is 2.42. The maximum atomic E-state index is 13.5. The molecule has 2 rings (SSSR count). The Kier molecular flexibility index (Phi) is 29.9. The largest absolute Gasteiger partial charge is 0.381 e. The van der Waals surface area contributed by atoms with Crippen LogP contribution in [0.25, 0.3) is 0 Å². The first kappa shape index (κ1) is 60.7. The lowest BCUT2D eigenvalue weighted by molar-refractivity contribution is -0.128. The summed E-state index contributed by atoms with van der Waals surface area (Å²) in [6.07, 6.45) is 35.6. The van der Waals surface area contributed by atoms with Crippen LogP contribution in [0, 0.1) is 16.7 Å². The van der Waals surface area contributed by atoms with Crippen molar-refractivity contribution < 1.29 is 33.4 Å². The second-order valence-electron chi connectivity index (χ2n) is 20.5. The topological polar surface area (TPSA) is 120 Å². The van der Waals surface area contributed by atoms with Crippen LogP contribution in [-0.4, -0.2) is 76.1 Å². The number of amides is 2. The average Bonchev–Trinajstić information content (AvgIpc) is 3.27. The lowest BCUT2D eigenvalue weighted by Crippen LogP contribution is -2.34. The standard InChI is InChI=1S/C60H92N2O7/c1-12-37-67-39-32-53(63)27-19-38-68-41-42-69-40-36-62-58(66)52(45-54(64)43-48(4)22-15-20-46(2)28-30-55-50(6)24-17-33-59(55,8)9)26-13-14-35-61-57(65)44-49(5)23-16-21-47(3)29-31-56-51(7)25-18-34-60(56,10)11/h15-16,20-23,28-31,43-44,52H,12-14,17-19,24-27,32-42,45H2,1-11H3,(H,61,65)(H,62,66)/b22-15+,23-16+,30-28+,31-29+,46-20+,47-21+,48-43+,49-44+/t52-/m0/s1. The van der Waals surface area contributed by atoms with E-state index in [1.54, 1.807) is 12.2 Å². The first-order valence-corrected chi connectivity index (χ1v) is 26.0. The van der Waals surface area contributed by atoms with Gasteiger partial charge in [-0.05, 0) is 145 Å². The molecule has 2 aliphatic rings. The Hall–Kier alpha value is -4.44. The highest BCUT2D eigenvalue weighted by Gasteiger charge is 2.27. The third-order valence-corrected chi connectivity index (χ3v) is 12.9. The van der Waals surface area contributed by atoms with Crippen molar-refractivity contribution in [2.24, 2.45) is 16.7 Å². The van der Waals surface area contributed by atoms with Crippen LogP contribution in [0.1, 0.15) is 166 Å². The van der Waals surface area contributed by atoms with Crippen molar-refractivity contribution in [3.63, 3.8) is 0 Å². The summed E-state index contributed by atoms with van der Waals surface area (Å²) in [5.41, 5.74) is 10.1. The fourth-order valence-corrected chi connectivity index (χ4v) is 8.87. The van der Waals surface area contributed by atoms with Crippen LogP contribution in [0.5, 0.6) is 0 Å². The number of hydrogen-bond acceptors (Lipinski definition) is 7. The van der Waals surface area contributed by atoms with Crippen molar-refractivity contribution in [2.45, 2.75) is 166 Å². The molecule has 0 saturated carbocycles. The number of hydrogen-bond donors (Lipinski definition) is 2. The van der Waals surface area contributed by atoms with Crippen molar-refractivity contribution in [3.05, 3.63) is 117 Å².